The van der Waals surface area contributed by atoms with Gasteiger partial charge in [0.2, 0.25) is 0 Å². The van der Waals surface area contributed by atoms with Crippen LogP contribution in [0.25, 0.3) is 0 Å². The van der Waals surface area contributed by atoms with E-state index >= 15 is 0 Å². The fourth-order valence-electron chi connectivity index (χ4n) is 3.31. The molecule has 1 aromatic carbocycles. The van der Waals surface area contributed by atoms with Crippen molar-refractivity contribution >= 4 is 6.09 Å². The van der Waals surface area contributed by atoms with Gasteiger partial charge >= 0.3 is 6.09 Å². The third-order valence-electron chi connectivity index (χ3n) is 4.78. The first-order valence-corrected chi connectivity index (χ1v) is 8.49. The molecule has 1 heterocycles. The number of carbonyl (C=O) groups excluding carboxylic acids is 1. The standard InChI is InChI=1S/C18H26N2O2/c21-18(22-14-16-6-2-1-3-7-16)19-17-10-5-11-20(13-17)12-15-8-4-9-15/h1-3,6-7,15,17H,4-5,8-14H2,(H,19,21). The molecule has 1 saturated carbocycles. The molecule has 3 rings (SSSR count). The maximum absolute atomic E-state index is 11.9. The lowest BCUT2D eigenvalue weighted by Gasteiger charge is -2.37. The Bertz CT molecular complexity index is 473. The number of likely N-dealkylation sites (tertiary alicyclic amines) is 1. The largest absolute Gasteiger partial charge is 0.445 e. The van der Waals surface area contributed by atoms with Crippen molar-refractivity contribution in [2.45, 2.75) is 44.8 Å². The maximum atomic E-state index is 11.9. The van der Waals surface area contributed by atoms with Gasteiger partial charge in [-0.2, -0.15) is 0 Å². The van der Waals surface area contributed by atoms with E-state index in [9.17, 15) is 4.79 Å². The monoisotopic (exact) mass is 302 g/mol. The quantitative estimate of drug-likeness (QED) is 0.908. The molecular formula is C18H26N2O2. The second-order valence-electron chi connectivity index (χ2n) is 6.60. The molecule has 1 N–H and O–H groups in total. The first-order chi connectivity index (χ1) is 10.8. The van der Waals surface area contributed by atoms with Crippen molar-refractivity contribution in [1.82, 2.24) is 10.2 Å². The minimum Gasteiger partial charge on any atom is -0.445 e. The van der Waals surface area contributed by atoms with Crippen LogP contribution in [0.15, 0.2) is 30.3 Å². The van der Waals surface area contributed by atoms with E-state index in [1.54, 1.807) is 0 Å². The van der Waals surface area contributed by atoms with E-state index < -0.39 is 0 Å². The highest BCUT2D eigenvalue weighted by atomic mass is 16.5. The fraction of sp³-hybridized carbons (Fsp3) is 0.611. The number of benzene rings is 1. The molecule has 1 aliphatic carbocycles. The van der Waals surface area contributed by atoms with Crippen LogP contribution in [-0.4, -0.2) is 36.7 Å². The molecule has 1 aliphatic heterocycles. The molecule has 1 unspecified atom stereocenters. The summed E-state index contributed by atoms with van der Waals surface area (Å²) in [6.07, 6.45) is 6.09. The van der Waals surface area contributed by atoms with E-state index in [4.69, 9.17) is 4.74 Å². The number of ether oxygens (including phenoxy) is 1. The number of nitrogens with zero attached hydrogens (tertiary/aromatic N) is 1. The number of hydrogen-bond acceptors (Lipinski definition) is 3. The molecule has 1 saturated heterocycles. The molecule has 0 radical (unpaired) electrons. The molecule has 1 amide bonds. The number of hydrogen-bond donors (Lipinski definition) is 1. The van der Waals surface area contributed by atoms with Crippen LogP contribution < -0.4 is 5.32 Å². The van der Waals surface area contributed by atoms with Crippen molar-refractivity contribution in [3.05, 3.63) is 35.9 Å². The van der Waals surface area contributed by atoms with Gasteiger partial charge < -0.3 is 15.0 Å². The Labute approximate surface area is 132 Å². The molecular weight excluding hydrogens is 276 g/mol. The average Bonchev–Trinajstić information content (AvgIpc) is 2.50. The Hall–Kier alpha value is -1.55. The van der Waals surface area contributed by atoms with Gasteiger partial charge in [-0.15, -0.1) is 0 Å². The fourth-order valence-corrected chi connectivity index (χ4v) is 3.31. The minimum atomic E-state index is -0.292. The number of carbonyl (C=O) groups is 1. The van der Waals surface area contributed by atoms with Gasteiger partial charge in [0.05, 0.1) is 0 Å². The predicted molar refractivity (Wildman–Crippen MR) is 86.6 cm³/mol. The maximum Gasteiger partial charge on any atom is 0.407 e. The molecule has 4 heteroatoms. The third kappa shape index (κ3) is 4.47. The molecule has 1 aromatic rings. The number of nitrogens with one attached hydrogen (secondary N) is 1. The van der Waals surface area contributed by atoms with Gasteiger partial charge in [-0.05, 0) is 43.7 Å². The number of alkyl carbamates (subject to hydrolysis) is 1. The summed E-state index contributed by atoms with van der Waals surface area (Å²) in [5, 5.41) is 3.03. The summed E-state index contributed by atoms with van der Waals surface area (Å²) in [6, 6.07) is 10.0. The Balaban J connectivity index is 1.38. The van der Waals surface area contributed by atoms with Gasteiger partial charge in [0.15, 0.2) is 0 Å². The first-order valence-electron chi connectivity index (χ1n) is 8.49. The van der Waals surface area contributed by atoms with E-state index in [2.05, 4.69) is 10.2 Å². The lowest BCUT2D eigenvalue weighted by Crippen LogP contribution is -2.49. The Morgan fingerprint density at radius 1 is 1.18 bits per heavy atom. The predicted octanol–water partition coefficient (Wildman–Crippen LogP) is 3.18. The van der Waals surface area contributed by atoms with E-state index in [1.807, 2.05) is 30.3 Å². The van der Waals surface area contributed by atoms with Crippen LogP contribution in [0.1, 0.15) is 37.7 Å². The normalized spacial score (nSPS) is 22.8. The van der Waals surface area contributed by atoms with Crippen LogP contribution in [-0.2, 0) is 11.3 Å². The van der Waals surface area contributed by atoms with Gasteiger partial charge in [0, 0.05) is 19.1 Å². The summed E-state index contributed by atoms with van der Waals surface area (Å²) in [4.78, 5) is 14.4. The van der Waals surface area contributed by atoms with Gasteiger partial charge in [-0.1, -0.05) is 36.8 Å². The minimum absolute atomic E-state index is 0.233. The lowest BCUT2D eigenvalue weighted by molar-refractivity contribution is 0.112. The lowest BCUT2D eigenvalue weighted by atomic mass is 9.84. The van der Waals surface area contributed by atoms with Crippen LogP contribution >= 0.6 is 0 Å². The Kier molecular flexibility index (Phi) is 5.33. The molecule has 0 bridgehead atoms. The smallest absolute Gasteiger partial charge is 0.407 e. The summed E-state index contributed by atoms with van der Waals surface area (Å²) < 4.78 is 5.31. The average molecular weight is 302 g/mol. The molecule has 120 valence electrons. The second kappa shape index (κ2) is 7.63. The zero-order chi connectivity index (χ0) is 15.2. The summed E-state index contributed by atoms with van der Waals surface area (Å²) in [5.41, 5.74) is 1.02. The van der Waals surface area contributed by atoms with Crippen molar-refractivity contribution in [2.24, 2.45) is 5.92 Å². The van der Waals surface area contributed by atoms with Crippen molar-refractivity contribution in [1.29, 1.82) is 0 Å². The topological polar surface area (TPSA) is 41.6 Å². The van der Waals surface area contributed by atoms with Crippen LogP contribution in [0.3, 0.4) is 0 Å². The first kappa shape index (κ1) is 15.3. The number of piperidine rings is 1. The second-order valence-corrected chi connectivity index (χ2v) is 6.60. The Morgan fingerprint density at radius 3 is 2.73 bits per heavy atom. The molecule has 4 nitrogen and oxygen atoms in total. The van der Waals surface area contributed by atoms with E-state index in [1.165, 1.54) is 32.4 Å². The zero-order valence-electron chi connectivity index (χ0n) is 13.2. The van der Waals surface area contributed by atoms with Crippen LogP contribution in [0.4, 0.5) is 4.79 Å². The molecule has 22 heavy (non-hydrogen) atoms. The summed E-state index contributed by atoms with van der Waals surface area (Å²) >= 11 is 0. The van der Waals surface area contributed by atoms with E-state index in [-0.39, 0.29) is 12.1 Å². The van der Waals surface area contributed by atoms with E-state index in [0.717, 1.165) is 30.9 Å². The SMILES string of the molecule is O=C(NC1CCCN(CC2CCC2)C1)OCc1ccccc1. The zero-order valence-corrected chi connectivity index (χ0v) is 13.2. The van der Waals surface area contributed by atoms with Gasteiger partial charge in [0.25, 0.3) is 0 Å². The molecule has 0 spiro atoms. The molecule has 2 fully saturated rings. The van der Waals surface area contributed by atoms with Crippen molar-refractivity contribution in [3.63, 3.8) is 0 Å². The molecule has 0 aromatic heterocycles. The highest BCUT2D eigenvalue weighted by Gasteiger charge is 2.26. The van der Waals surface area contributed by atoms with Gasteiger partial charge in [-0.25, -0.2) is 4.79 Å². The molecule has 1 atom stereocenters. The van der Waals surface area contributed by atoms with Crippen molar-refractivity contribution in [2.75, 3.05) is 19.6 Å². The van der Waals surface area contributed by atoms with Crippen molar-refractivity contribution < 1.29 is 9.53 Å². The highest BCUT2D eigenvalue weighted by molar-refractivity contribution is 5.67. The Morgan fingerprint density at radius 2 is 2.00 bits per heavy atom. The highest BCUT2D eigenvalue weighted by Crippen LogP contribution is 2.28. The van der Waals surface area contributed by atoms with Crippen LogP contribution in [0.5, 0.6) is 0 Å². The van der Waals surface area contributed by atoms with E-state index in [0.29, 0.717) is 6.61 Å². The van der Waals surface area contributed by atoms with Crippen LogP contribution in [0, 0.1) is 5.92 Å². The van der Waals surface area contributed by atoms with Crippen molar-refractivity contribution in [3.8, 4) is 0 Å². The summed E-state index contributed by atoms with van der Waals surface area (Å²) in [6.45, 7) is 3.69. The molecule has 2 aliphatic rings. The number of amides is 1. The van der Waals surface area contributed by atoms with Crippen LogP contribution in [0.2, 0.25) is 0 Å². The van der Waals surface area contributed by atoms with Gasteiger partial charge in [-0.3, -0.25) is 0 Å². The third-order valence-corrected chi connectivity index (χ3v) is 4.78. The van der Waals surface area contributed by atoms with Gasteiger partial charge in [0.1, 0.15) is 6.61 Å². The summed E-state index contributed by atoms with van der Waals surface area (Å²) in [5.74, 6) is 0.892. The summed E-state index contributed by atoms with van der Waals surface area (Å²) in [7, 11) is 0. The number of rotatable bonds is 5.